The SMILES string of the molecule is CC(=O)Nc1cc(/C=C\C(=O)N2CC(CCl)c3c2cc(N)c2ccccc32)n(C)n1. The molecule has 4 rings (SSSR count). The Morgan fingerprint density at radius 1 is 1.30 bits per heavy atom. The van der Waals surface area contributed by atoms with E-state index in [9.17, 15) is 9.59 Å². The highest BCUT2D eigenvalue weighted by Gasteiger charge is 2.33. The highest BCUT2D eigenvalue weighted by atomic mass is 35.5. The third-order valence-electron chi connectivity index (χ3n) is 5.27. The molecule has 1 aliphatic heterocycles. The molecule has 0 fully saturated rings. The first-order valence-corrected chi connectivity index (χ1v) is 10.1. The van der Waals surface area contributed by atoms with Gasteiger partial charge in [0.15, 0.2) is 5.82 Å². The lowest BCUT2D eigenvalue weighted by atomic mass is 9.95. The van der Waals surface area contributed by atoms with Gasteiger partial charge in [-0.3, -0.25) is 14.3 Å². The standard InChI is InChI=1S/C22H22ClN5O2/c1-13(29)25-20-9-15(27(2)26-20)7-8-21(30)28-12-14(11-23)22-17-6-4-3-5-16(17)18(24)10-19(22)28/h3-10,14H,11-12,24H2,1-2H3,(H,25,26,29)/b8-7-. The summed E-state index contributed by atoms with van der Waals surface area (Å²) in [6, 6.07) is 11.5. The maximum absolute atomic E-state index is 13.0. The Bertz CT molecular complexity index is 1180. The number of fused-ring (bicyclic) bond motifs is 3. The van der Waals surface area contributed by atoms with Crippen molar-refractivity contribution in [3.63, 3.8) is 0 Å². The number of aromatic nitrogens is 2. The molecule has 0 saturated carbocycles. The van der Waals surface area contributed by atoms with Gasteiger partial charge in [0.05, 0.1) is 11.4 Å². The molecular weight excluding hydrogens is 402 g/mol. The Balaban J connectivity index is 1.66. The summed E-state index contributed by atoms with van der Waals surface area (Å²) < 4.78 is 1.60. The van der Waals surface area contributed by atoms with Gasteiger partial charge in [0.2, 0.25) is 5.91 Å². The third-order valence-corrected chi connectivity index (χ3v) is 5.64. The van der Waals surface area contributed by atoms with Gasteiger partial charge in [0.25, 0.3) is 5.91 Å². The number of carbonyl (C=O) groups is 2. The average molecular weight is 424 g/mol. The van der Waals surface area contributed by atoms with Crippen molar-refractivity contribution < 1.29 is 9.59 Å². The number of alkyl halides is 1. The van der Waals surface area contributed by atoms with Gasteiger partial charge in [0.1, 0.15) is 0 Å². The summed E-state index contributed by atoms with van der Waals surface area (Å²) >= 11 is 6.25. The van der Waals surface area contributed by atoms with Gasteiger partial charge in [-0.25, -0.2) is 0 Å². The van der Waals surface area contributed by atoms with E-state index in [0.717, 1.165) is 22.0 Å². The van der Waals surface area contributed by atoms with Crippen LogP contribution >= 0.6 is 11.6 Å². The molecule has 3 aromatic rings. The molecule has 1 atom stereocenters. The van der Waals surface area contributed by atoms with Crippen LogP contribution in [0.15, 0.2) is 42.5 Å². The second-order valence-corrected chi connectivity index (χ2v) is 7.65. The maximum Gasteiger partial charge on any atom is 0.251 e. The fourth-order valence-electron chi connectivity index (χ4n) is 3.93. The van der Waals surface area contributed by atoms with Crippen LogP contribution in [0.1, 0.15) is 24.1 Å². The van der Waals surface area contributed by atoms with Gasteiger partial charge in [-0.05, 0) is 23.1 Å². The molecule has 7 nitrogen and oxygen atoms in total. The number of benzene rings is 2. The van der Waals surface area contributed by atoms with Crippen molar-refractivity contribution in [2.45, 2.75) is 12.8 Å². The van der Waals surface area contributed by atoms with E-state index in [1.165, 1.54) is 13.0 Å². The van der Waals surface area contributed by atoms with Gasteiger partial charge in [-0.2, -0.15) is 5.10 Å². The first-order chi connectivity index (χ1) is 14.4. The van der Waals surface area contributed by atoms with E-state index < -0.39 is 0 Å². The normalized spacial score (nSPS) is 15.7. The molecule has 154 valence electrons. The van der Waals surface area contributed by atoms with Crippen LogP contribution in [0.2, 0.25) is 0 Å². The molecule has 0 saturated heterocycles. The lowest BCUT2D eigenvalue weighted by molar-refractivity contribution is -0.115. The van der Waals surface area contributed by atoms with Crippen LogP contribution in [0, 0.1) is 0 Å². The Hall–Kier alpha value is -3.32. The molecule has 2 heterocycles. The third kappa shape index (κ3) is 3.52. The fraction of sp³-hybridized carbons (Fsp3) is 0.227. The van der Waals surface area contributed by atoms with Crippen molar-refractivity contribution in [3.05, 3.63) is 53.7 Å². The summed E-state index contributed by atoms with van der Waals surface area (Å²) in [5.74, 6) is 0.514. The topological polar surface area (TPSA) is 93.3 Å². The minimum absolute atomic E-state index is 0.0348. The molecule has 0 bridgehead atoms. The molecule has 2 aromatic carbocycles. The van der Waals surface area contributed by atoms with E-state index in [0.29, 0.717) is 29.6 Å². The zero-order chi connectivity index (χ0) is 21.4. The van der Waals surface area contributed by atoms with Crippen molar-refractivity contribution >= 4 is 57.5 Å². The van der Waals surface area contributed by atoms with Crippen molar-refractivity contribution in [2.75, 3.05) is 28.4 Å². The molecule has 0 radical (unpaired) electrons. The van der Waals surface area contributed by atoms with Gasteiger partial charge >= 0.3 is 0 Å². The fourth-order valence-corrected chi connectivity index (χ4v) is 4.19. The summed E-state index contributed by atoms with van der Waals surface area (Å²) in [5, 5.41) is 8.84. The lowest BCUT2D eigenvalue weighted by Crippen LogP contribution is -2.28. The summed E-state index contributed by atoms with van der Waals surface area (Å²) in [7, 11) is 1.75. The zero-order valence-electron chi connectivity index (χ0n) is 16.7. The van der Waals surface area contributed by atoms with E-state index in [1.807, 2.05) is 30.3 Å². The number of nitrogens with two attached hydrogens (primary N) is 1. The number of aryl methyl sites for hydroxylation is 1. The maximum atomic E-state index is 13.0. The number of nitrogens with zero attached hydrogens (tertiary/aromatic N) is 3. The number of hydrogen-bond donors (Lipinski definition) is 2. The molecular formula is C22H22ClN5O2. The molecule has 0 spiro atoms. The second-order valence-electron chi connectivity index (χ2n) is 7.34. The minimum atomic E-state index is -0.203. The lowest BCUT2D eigenvalue weighted by Gasteiger charge is -2.16. The monoisotopic (exact) mass is 423 g/mol. The van der Waals surface area contributed by atoms with Gasteiger partial charge in [-0.15, -0.1) is 11.6 Å². The van der Waals surface area contributed by atoms with E-state index in [-0.39, 0.29) is 17.7 Å². The van der Waals surface area contributed by atoms with Crippen molar-refractivity contribution in [1.29, 1.82) is 0 Å². The molecule has 1 unspecified atom stereocenters. The Labute approximate surface area is 179 Å². The quantitative estimate of drug-likeness (QED) is 0.381. The van der Waals surface area contributed by atoms with E-state index >= 15 is 0 Å². The number of hydrogen-bond acceptors (Lipinski definition) is 4. The van der Waals surface area contributed by atoms with Crippen molar-refractivity contribution in [2.24, 2.45) is 7.05 Å². The van der Waals surface area contributed by atoms with Crippen LogP contribution in [-0.4, -0.2) is 34.0 Å². The highest BCUT2D eigenvalue weighted by Crippen LogP contribution is 2.44. The summed E-state index contributed by atoms with van der Waals surface area (Å²) in [4.78, 5) is 26.0. The predicted molar refractivity (Wildman–Crippen MR) is 121 cm³/mol. The molecule has 1 aromatic heterocycles. The van der Waals surface area contributed by atoms with Gasteiger partial charge in [-0.1, -0.05) is 24.3 Å². The predicted octanol–water partition coefficient (Wildman–Crippen LogP) is 3.50. The van der Waals surface area contributed by atoms with E-state index in [1.54, 1.807) is 28.8 Å². The van der Waals surface area contributed by atoms with Crippen molar-refractivity contribution in [3.8, 4) is 0 Å². The van der Waals surface area contributed by atoms with E-state index in [4.69, 9.17) is 17.3 Å². The molecule has 0 aliphatic carbocycles. The Morgan fingerprint density at radius 3 is 2.73 bits per heavy atom. The Morgan fingerprint density at radius 2 is 2.03 bits per heavy atom. The molecule has 30 heavy (non-hydrogen) atoms. The number of nitrogens with one attached hydrogen (secondary N) is 1. The van der Waals surface area contributed by atoms with Crippen LogP contribution in [0.5, 0.6) is 0 Å². The minimum Gasteiger partial charge on any atom is -0.398 e. The first-order valence-electron chi connectivity index (χ1n) is 9.57. The van der Waals surface area contributed by atoms with Crippen LogP contribution in [0.4, 0.5) is 17.2 Å². The largest absolute Gasteiger partial charge is 0.398 e. The van der Waals surface area contributed by atoms with Crippen LogP contribution in [0.25, 0.3) is 16.8 Å². The second kappa shape index (κ2) is 7.84. The van der Waals surface area contributed by atoms with E-state index in [2.05, 4.69) is 10.4 Å². The number of rotatable bonds is 4. The number of amides is 2. The van der Waals surface area contributed by atoms with Crippen molar-refractivity contribution in [1.82, 2.24) is 9.78 Å². The molecule has 8 heteroatoms. The molecule has 2 amide bonds. The van der Waals surface area contributed by atoms with Crippen LogP contribution in [-0.2, 0) is 16.6 Å². The number of carbonyl (C=O) groups excluding carboxylic acids is 2. The van der Waals surface area contributed by atoms with Gasteiger partial charge in [0, 0.05) is 55.5 Å². The summed E-state index contributed by atoms with van der Waals surface area (Å²) in [6.45, 7) is 1.92. The van der Waals surface area contributed by atoms with Crippen LogP contribution in [0.3, 0.4) is 0 Å². The summed E-state index contributed by atoms with van der Waals surface area (Å²) in [5.41, 5.74) is 9.46. The molecule has 1 aliphatic rings. The first kappa shape index (κ1) is 20.0. The van der Waals surface area contributed by atoms with Crippen LogP contribution < -0.4 is 16.0 Å². The summed E-state index contributed by atoms with van der Waals surface area (Å²) in [6.07, 6.45) is 3.18. The Kier molecular flexibility index (Phi) is 5.22. The smallest absolute Gasteiger partial charge is 0.251 e. The zero-order valence-corrected chi connectivity index (χ0v) is 17.5. The van der Waals surface area contributed by atoms with Gasteiger partial charge < -0.3 is 16.0 Å². The highest BCUT2D eigenvalue weighted by molar-refractivity contribution is 6.19. The number of anilines is 3. The number of halogens is 1. The number of nitrogen functional groups attached to an aromatic ring is 1. The average Bonchev–Trinajstić information content (AvgIpc) is 3.25. The molecule has 3 N–H and O–H groups in total.